The smallest absolute Gasteiger partial charge is 0.193 e. The summed E-state index contributed by atoms with van der Waals surface area (Å²) >= 11 is 0. The monoisotopic (exact) mass is 248 g/mol. The zero-order valence-electron chi connectivity index (χ0n) is 10.9. The van der Waals surface area contributed by atoms with E-state index in [0.717, 1.165) is 0 Å². The fraction of sp³-hybridized carbons (Fsp3) is 0.357. The summed E-state index contributed by atoms with van der Waals surface area (Å²) in [6.07, 6.45) is 0.0212. The number of fused-ring (bicyclic) bond motifs is 1. The van der Waals surface area contributed by atoms with Gasteiger partial charge < -0.3 is 13.9 Å². The van der Waals surface area contributed by atoms with Crippen LogP contribution in [-0.4, -0.2) is 13.2 Å². The van der Waals surface area contributed by atoms with Crippen molar-refractivity contribution in [3.63, 3.8) is 0 Å². The summed E-state index contributed by atoms with van der Waals surface area (Å²) in [5.74, 6) is 1.69. The first kappa shape index (κ1) is 12.5. The number of rotatable bonds is 3. The van der Waals surface area contributed by atoms with E-state index < -0.39 is 0 Å². The van der Waals surface area contributed by atoms with Crippen LogP contribution in [0.25, 0.3) is 11.0 Å². The third kappa shape index (κ3) is 2.32. The highest BCUT2D eigenvalue weighted by atomic mass is 16.5. The van der Waals surface area contributed by atoms with Crippen LogP contribution in [0.3, 0.4) is 0 Å². The van der Waals surface area contributed by atoms with Gasteiger partial charge in [0.15, 0.2) is 16.9 Å². The molecule has 0 N–H and O–H groups in total. The Morgan fingerprint density at radius 2 is 1.89 bits per heavy atom. The molecule has 0 aliphatic heterocycles. The molecule has 1 aromatic heterocycles. The molecule has 2 rings (SSSR count). The minimum absolute atomic E-state index is 0.0212. The molecule has 0 saturated carbocycles. The Hall–Kier alpha value is -1.97. The van der Waals surface area contributed by atoms with Crippen molar-refractivity contribution in [2.24, 2.45) is 0 Å². The Kier molecular flexibility index (Phi) is 3.28. The van der Waals surface area contributed by atoms with Crippen molar-refractivity contribution >= 4 is 11.0 Å². The van der Waals surface area contributed by atoms with E-state index in [2.05, 4.69) is 0 Å². The van der Waals surface area contributed by atoms with Crippen molar-refractivity contribution in [2.75, 3.05) is 7.11 Å². The maximum Gasteiger partial charge on any atom is 0.193 e. The highest BCUT2D eigenvalue weighted by molar-refractivity contribution is 5.80. The average molecular weight is 248 g/mol. The summed E-state index contributed by atoms with van der Waals surface area (Å²) in [5.41, 5.74) is 0.430. The Morgan fingerprint density at radius 3 is 2.50 bits per heavy atom. The molecule has 0 aliphatic carbocycles. The quantitative estimate of drug-likeness (QED) is 0.838. The van der Waals surface area contributed by atoms with Crippen LogP contribution in [0.2, 0.25) is 0 Å². The van der Waals surface area contributed by atoms with Crippen LogP contribution in [0.1, 0.15) is 19.6 Å². The van der Waals surface area contributed by atoms with E-state index in [9.17, 15) is 4.79 Å². The van der Waals surface area contributed by atoms with Crippen LogP contribution >= 0.6 is 0 Å². The molecule has 0 atom stereocenters. The molecular weight excluding hydrogens is 232 g/mol. The summed E-state index contributed by atoms with van der Waals surface area (Å²) in [5, 5.41) is 0.494. The lowest BCUT2D eigenvalue weighted by atomic mass is 10.2. The molecule has 1 aromatic carbocycles. The number of aryl methyl sites for hydroxylation is 1. The third-order valence-electron chi connectivity index (χ3n) is 2.50. The zero-order valence-corrected chi connectivity index (χ0v) is 10.9. The molecule has 0 unspecified atom stereocenters. The number of hydrogen-bond acceptors (Lipinski definition) is 4. The lowest BCUT2D eigenvalue weighted by molar-refractivity contribution is 0.230. The van der Waals surface area contributed by atoms with E-state index in [-0.39, 0.29) is 11.5 Å². The fourth-order valence-corrected chi connectivity index (χ4v) is 1.79. The van der Waals surface area contributed by atoms with Gasteiger partial charge in [-0.2, -0.15) is 0 Å². The highest BCUT2D eigenvalue weighted by Gasteiger charge is 2.12. The Labute approximate surface area is 105 Å². The van der Waals surface area contributed by atoms with E-state index in [1.165, 1.54) is 6.07 Å². The van der Waals surface area contributed by atoms with Crippen LogP contribution in [0.15, 0.2) is 27.4 Å². The normalized spacial score (nSPS) is 10.9. The van der Waals surface area contributed by atoms with Crippen LogP contribution < -0.4 is 14.9 Å². The van der Waals surface area contributed by atoms with Gasteiger partial charge in [0.25, 0.3) is 0 Å². The second kappa shape index (κ2) is 4.72. The first-order valence-corrected chi connectivity index (χ1v) is 5.80. The van der Waals surface area contributed by atoms with Gasteiger partial charge in [0.2, 0.25) is 0 Å². The summed E-state index contributed by atoms with van der Waals surface area (Å²) in [4.78, 5) is 11.8. The maximum atomic E-state index is 11.8. The van der Waals surface area contributed by atoms with Crippen LogP contribution in [-0.2, 0) is 0 Å². The lowest BCUT2D eigenvalue weighted by Gasteiger charge is -2.14. The number of benzene rings is 1. The summed E-state index contributed by atoms with van der Waals surface area (Å²) in [6.45, 7) is 5.60. The van der Waals surface area contributed by atoms with Gasteiger partial charge >= 0.3 is 0 Å². The van der Waals surface area contributed by atoms with Gasteiger partial charge in [0.05, 0.1) is 18.6 Å². The maximum absolute atomic E-state index is 11.8. The van der Waals surface area contributed by atoms with Gasteiger partial charge in [-0.1, -0.05) is 0 Å². The standard InChI is InChI=1S/C14H16O4/c1-8(2)17-14-7-12-10(6-13(14)16-4)11(15)5-9(3)18-12/h5-8H,1-4H3. The van der Waals surface area contributed by atoms with Crippen molar-refractivity contribution in [1.29, 1.82) is 0 Å². The van der Waals surface area contributed by atoms with Gasteiger partial charge in [-0.3, -0.25) is 4.79 Å². The largest absolute Gasteiger partial charge is 0.493 e. The minimum Gasteiger partial charge on any atom is -0.493 e. The molecule has 0 saturated heterocycles. The molecule has 18 heavy (non-hydrogen) atoms. The molecular formula is C14H16O4. The molecule has 2 aromatic rings. The molecule has 0 spiro atoms. The van der Waals surface area contributed by atoms with Gasteiger partial charge in [-0.15, -0.1) is 0 Å². The Morgan fingerprint density at radius 1 is 1.17 bits per heavy atom. The minimum atomic E-state index is -0.0804. The number of hydrogen-bond donors (Lipinski definition) is 0. The first-order valence-electron chi connectivity index (χ1n) is 5.80. The molecule has 0 aliphatic rings. The van der Waals surface area contributed by atoms with E-state index in [4.69, 9.17) is 13.9 Å². The second-order valence-corrected chi connectivity index (χ2v) is 4.39. The molecule has 0 bridgehead atoms. The zero-order chi connectivity index (χ0) is 13.3. The second-order valence-electron chi connectivity index (χ2n) is 4.39. The third-order valence-corrected chi connectivity index (χ3v) is 2.50. The topological polar surface area (TPSA) is 48.7 Å². The fourth-order valence-electron chi connectivity index (χ4n) is 1.79. The van der Waals surface area contributed by atoms with E-state index in [1.807, 2.05) is 13.8 Å². The van der Waals surface area contributed by atoms with Crippen LogP contribution in [0.5, 0.6) is 11.5 Å². The Balaban J connectivity index is 2.69. The molecule has 96 valence electrons. The van der Waals surface area contributed by atoms with Gasteiger partial charge in [0.1, 0.15) is 11.3 Å². The van der Waals surface area contributed by atoms with E-state index in [0.29, 0.717) is 28.2 Å². The lowest BCUT2D eigenvalue weighted by Crippen LogP contribution is -2.08. The molecule has 0 fully saturated rings. The molecule has 0 radical (unpaired) electrons. The average Bonchev–Trinajstić information content (AvgIpc) is 2.27. The van der Waals surface area contributed by atoms with Crippen molar-refractivity contribution in [2.45, 2.75) is 26.9 Å². The number of ether oxygens (including phenoxy) is 2. The van der Waals surface area contributed by atoms with Crippen LogP contribution in [0.4, 0.5) is 0 Å². The number of methoxy groups -OCH3 is 1. The summed E-state index contributed by atoms with van der Waals surface area (Å²) < 4.78 is 16.4. The van der Waals surface area contributed by atoms with E-state index in [1.54, 1.807) is 26.2 Å². The van der Waals surface area contributed by atoms with Crippen molar-refractivity contribution in [1.82, 2.24) is 0 Å². The molecule has 0 amide bonds. The molecule has 1 heterocycles. The van der Waals surface area contributed by atoms with Crippen LogP contribution in [0, 0.1) is 6.92 Å². The van der Waals surface area contributed by atoms with Crippen molar-refractivity contribution in [3.05, 3.63) is 34.2 Å². The molecule has 4 nitrogen and oxygen atoms in total. The van der Waals surface area contributed by atoms with E-state index >= 15 is 0 Å². The summed E-state index contributed by atoms with van der Waals surface area (Å²) in [6, 6.07) is 4.81. The first-order chi connectivity index (χ1) is 8.51. The predicted octanol–water partition coefficient (Wildman–Crippen LogP) is 2.90. The highest BCUT2D eigenvalue weighted by Crippen LogP contribution is 2.32. The SMILES string of the molecule is COc1cc2c(=O)cc(C)oc2cc1OC(C)C. The Bertz CT molecular complexity index is 625. The van der Waals surface area contributed by atoms with Crippen molar-refractivity contribution < 1.29 is 13.9 Å². The van der Waals surface area contributed by atoms with Gasteiger partial charge in [0, 0.05) is 12.1 Å². The van der Waals surface area contributed by atoms with Gasteiger partial charge in [-0.05, 0) is 26.8 Å². The van der Waals surface area contributed by atoms with Crippen molar-refractivity contribution in [3.8, 4) is 11.5 Å². The van der Waals surface area contributed by atoms with Gasteiger partial charge in [-0.25, -0.2) is 0 Å². The predicted molar refractivity (Wildman–Crippen MR) is 69.5 cm³/mol. The summed E-state index contributed by atoms with van der Waals surface area (Å²) in [7, 11) is 1.55. The molecule has 4 heteroatoms.